The second-order valence-electron chi connectivity index (χ2n) is 7.60. The number of rotatable bonds is 4. The predicted molar refractivity (Wildman–Crippen MR) is 106 cm³/mol. The second kappa shape index (κ2) is 7.54. The zero-order valence-corrected chi connectivity index (χ0v) is 16.6. The first-order valence-corrected chi connectivity index (χ1v) is 12.2. The van der Waals surface area contributed by atoms with E-state index in [0.29, 0.717) is 17.5 Å². The number of hydrogen-bond acceptors (Lipinski definition) is 4. The van der Waals surface area contributed by atoms with Gasteiger partial charge in [0.2, 0.25) is 5.91 Å². The highest BCUT2D eigenvalue weighted by molar-refractivity contribution is 8.16. The zero-order chi connectivity index (χ0) is 19.0. The molecule has 1 saturated carbocycles. The Labute approximate surface area is 163 Å². The molecule has 0 bridgehead atoms. The molecule has 5 nitrogen and oxygen atoms in total. The molecule has 8 heteroatoms. The molecule has 1 aliphatic carbocycles. The molecule has 0 unspecified atom stereocenters. The van der Waals surface area contributed by atoms with E-state index in [0.717, 1.165) is 6.42 Å². The summed E-state index contributed by atoms with van der Waals surface area (Å²) in [5, 5.41) is 0.220. The van der Waals surface area contributed by atoms with Gasteiger partial charge in [0.15, 0.2) is 15.0 Å². The number of aliphatic imine (C=N–C) groups is 1. The van der Waals surface area contributed by atoms with Crippen LogP contribution in [0.5, 0.6) is 0 Å². The van der Waals surface area contributed by atoms with Crippen LogP contribution in [-0.4, -0.2) is 42.3 Å². The number of amides is 1. The number of anilines is 1. The highest BCUT2D eigenvalue weighted by atomic mass is 32.2. The Morgan fingerprint density at radius 1 is 1.22 bits per heavy atom. The minimum absolute atomic E-state index is 0.0334. The summed E-state index contributed by atoms with van der Waals surface area (Å²) in [4.78, 5) is 18.3. The number of para-hydroxylation sites is 1. The van der Waals surface area contributed by atoms with Crippen LogP contribution >= 0.6 is 11.8 Å². The summed E-state index contributed by atoms with van der Waals surface area (Å²) in [5.74, 6) is -0.0167. The molecule has 1 aromatic carbocycles. The maximum absolute atomic E-state index is 14.4. The van der Waals surface area contributed by atoms with Gasteiger partial charge in [0.25, 0.3) is 0 Å². The van der Waals surface area contributed by atoms with Crippen LogP contribution in [0.4, 0.5) is 10.1 Å². The molecule has 4 rings (SSSR count). The number of sulfone groups is 1. The van der Waals surface area contributed by atoms with Gasteiger partial charge in [-0.05, 0) is 24.5 Å². The van der Waals surface area contributed by atoms with Gasteiger partial charge in [0, 0.05) is 11.7 Å². The molecule has 3 aliphatic rings. The molecule has 0 spiro atoms. The van der Waals surface area contributed by atoms with E-state index in [1.165, 1.54) is 43.5 Å². The average Bonchev–Trinajstić information content (AvgIpc) is 3.29. The molecule has 3 fully saturated rings. The Hall–Kier alpha value is -1.41. The Morgan fingerprint density at radius 3 is 2.70 bits per heavy atom. The number of fused-ring (bicyclic) bond motifs is 1. The second-order valence-corrected chi connectivity index (χ2v) is 11.0. The first-order valence-electron chi connectivity index (χ1n) is 9.45. The van der Waals surface area contributed by atoms with E-state index < -0.39 is 15.7 Å². The number of benzene rings is 1. The third-order valence-electron chi connectivity index (χ3n) is 5.64. The number of carbonyl (C=O) groups excluding carboxylic acids is 1. The molecule has 27 heavy (non-hydrogen) atoms. The van der Waals surface area contributed by atoms with E-state index in [2.05, 4.69) is 4.99 Å². The van der Waals surface area contributed by atoms with Crippen LogP contribution in [0.1, 0.15) is 38.5 Å². The Kier molecular flexibility index (Phi) is 5.29. The predicted octanol–water partition coefficient (Wildman–Crippen LogP) is 3.40. The van der Waals surface area contributed by atoms with E-state index in [1.54, 1.807) is 23.1 Å². The maximum Gasteiger partial charge on any atom is 0.248 e. The van der Waals surface area contributed by atoms with Crippen molar-refractivity contribution in [3.05, 3.63) is 30.1 Å². The largest absolute Gasteiger partial charge is 0.313 e. The number of amidine groups is 1. The first kappa shape index (κ1) is 18.9. The van der Waals surface area contributed by atoms with Crippen LogP contribution in [-0.2, 0) is 14.6 Å². The van der Waals surface area contributed by atoms with Crippen molar-refractivity contribution < 1.29 is 17.6 Å². The third kappa shape index (κ3) is 4.06. The van der Waals surface area contributed by atoms with Gasteiger partial charge in [-0.15, -0.1) is 0 Å². The van der Waals surface area contributed by atoms with Crippen molar-refractivity contribution >= 4 is 38.4 Å². The normalized spacial score (nSPS) is 28.8. The molecule has 0 N–H and O–H groups in total. The molecule has 2 heterocycles. The molecular weight excluding hydrogens is 387 g/mol. The van der Waals surface area contributed by atoms with Crippen molar-refractivity contribution in [1.82, 2.24) is 0 Å². The van der Waals surface area contributed by atoms with E-state index in [-0.39, 0.29) is 34.4 Å². The maximum atomic E-state index is 14.4. The summed E-state index contributed by atoms with van der Waals surface area (Å²) in [6.45, 7) is 0. The van der Waals surface area contributed by atoms with Gasteiger partial charge < -0.3 is 4.90 Å². The molecule has 2 saturated heterocycles. The van der Waals surface area contributed by atoms with Crippen molar-refractivity contribution in [2.24, 2.45) is 10.9 Å². The molecule has 2 atom stereocenters. The van der Waals surface area contributed by atoms with Gasteiger partial charge in [0.1, 0.15) is 5.82 Å². The lowest BCUT2D eigenvalue weighted by molar-refractivity contribution is -0.118. The topological polar surface area (TPSA) is 66.8 Å². The van der Waals surface area contributed by atoms with E-state index in [4.69, 9.17) is 0 Å². The van der Waals surface area contributed by atoms with Crippen LogP contribution in [0.3, 0.4) is 0 Å². The van der Waals surface area contributed by atoms with Gasteiger partial charge in [-0.1, -0.05) is 49.6 Å². The Bertz CT molecular complexity index is 865. The van der Waals surface area contributed by atoms with Crippen LogP contribution in [0.25, 0.3) is 0 Å². The summed E-state index contributed by atoms with van der Waals surface area (Å²) >= 11 is 1.29. The molecule has 2 aliphatic heterocycles. The molecular formula is C19H23FN2O3S2. The van der Waals surface area contributed by atoms with Crippen molar-refractivity contribution in [2.75, 3.05) is 16.4 Å². The smallest absolute Gasteiger partial charge is 0.248 e. The lowest BCUT2D eigenvalue weighted by Crippen LogP contribution is -2.38. The number of nitrogens with zero attached hydrogens (tertiary/aromatic N) is 2. The minimum Gasteiger partial charge on any atom is -0.313 e. The quantitative estimate of drug-likeness (QED) is 0.761. The number of hydrogen-bond donors (Lipinski definition) is 0. The van der Waals surface area contributed by atoms with Crippen LogP contribution in [0.15, 0.2) is 29.3 Å². The monoisotopic (exact) mass is 410 g/mol. The zero-order valence-electron chi connectivity index (χ0n) is 15.0. The molecule has 1 aromatic rings. The summed E-state index contributed by atoms with van der Waals surface area (Å²) in [6, 6.07) is 5.88. The van der Waals surface area contributed by atoms with Crippen molar-refractivity contribution in [3.63, 3.8) is 0 Å². The SMILES string of the molecule is O=C(CCC1CCCC1)N=C1S[C@@H]2CS(=O)(=O)C[C@H]2N1c1ccccc1F. The van der Waals surface area contributed by atoms with Gasteiger partial charge in [-0.3, -0.25) is 4.79 Å². The van der Waals surface area contributed by atoms with E-state index in [9.17, 15) is 17.6 Å². The summed E-state index contributed by atoms with van der Waals surface area (Å²) in [6.07, 6.45) is 6.09. The van der Waals surface area contributed by atoms with Gasteiger partial charge in [-0.2, -0.15) is 4.99 Å². The lowest BCUT2D eigenvalue weighted by atomic mass is 10.0. The Balaban J connectivity index is 1.57. The number of carbonyl (C=O) groups is 1. The summed E-state index contributed by atoms with van der Waals surface area (Å²) in [7, 11) is -3.16. The van der Waals surface area contributed by atoms with E-state index in [1.807, 2.05) is 0 Å². The molecule has 0 aromatic heterocycles. The fourth-order valence-corrected chi connectivity index (χ4v) is 8.21. The molecule has 146 valence electrons. The molecule has 1 amide bonds. The fraction of sp³-hybridized carbons (Fsp3) is 0.579. The van der Waals surface area contributed by atoms with Crippen molar-refractivity contribution in [1.29, 1.82) is 0 Å². The first-order chi connectivity index (χ1) is 12.9. The Morgan fingerprint density at radius 2 is 1.96 bits per heavy atom. The number of halogens is 1. The molecule has 0 radical (unpaired) electrons. The number of thioether (sulfide) groups is 1. The van der Waals surface area contributed by atoms with Crippen LogP contribution in [0, 0.1) is 11.7 Å². The van der Waals surface area contributed by atoms with Crippen LogP contribution < -0.4 is 4.90 Å². The standard InChI is InChI=1S/C19H23FN2O3S2/c20-14-7-3-4-8-15(14)22-16-11-27(24,25)12-17(16)26-19(22)21-18(23)10-9-13-5-1-2-6-13/h3-4,7-8,13,16-17H,1-2,5-6,9-12H2/t16-,17-/m1/s1. The van der Waals surface area contributed by atoms with Crippen molar-refractivity contribution in [2.45, 2.75) is 49.8 Å². The lowest BCUT2D eigenvalue weighted by Gasteiger charge is -2.24. The van der Waals surface area contributed by atoms with E-state index >= 15 is 0 Å². The fourth-order valence-electron chi connectivity index (χ4n) is 4.28. The minimum atomic E-state index is -3.16. The van der Waals surface area contributed by atoms with Gasteiger partial charge in [0.05, 0.1) is 23.2 Å². The van der Waals surface area contributed by atoms with Crippen LogP contribution in [0.2, 0.25) is 0 Å². The van der Waals surface area contributed by atoms with Crippen molar-refractivity contribution in [3.8, 4) is 0 Å². The van der Waals surface area contributed by atoms with Gasteiger partial charge in [-0.25, -0.2) is 12.8 Å². The highest BCUT2D eigenvalue weighted by Crippen LogP contribution is 2.41. The third-order valence-corrected chi connectivity index (χ3v) is 8.85. The summed E-state index contributed by atoms with van der Waals surface area (Å²) < 4.78 is 38.5. The van der Waals surface area contributed by atoms with Gasteiger partial charge >= 0.3 is 0 Å². The average molecular weight is 411 g/mol. The summed E-state index contributed by atoms with van der Waals surface area (Å²) in [5.41, 5.74) is 0.289. The highest BCUT2D eigenvalue weighted by Gasteiger charge is 2.49.